The molecule has 3 heterocycles. The van der Waals surface area contributed by atoms with E-state index < -0.39 is 0 Å². The molecule has 5 heteroatoms. The molecule has 100 valence electrons. The summed E-state index contributed by atoms with van der Waals surface area (Å²) in [6.45, 7) is 6.53. The number of aromatic nitrogens is 2. The van der Waals surface area contributed by atoms with Gasteiger partial charge in [0, 0.05) is 31.7 Å². The summed E-state index contributed by atoms with van der Waals surface area (Å²) in [6.07, 6.45) is 4.50. The molecular weight excluding hydrogens is 226 g/mol. The maximum absolute atomic E-state index is 4.41. The predicted octanol–water partition coefficient (Wildman–Crippen LogP) is 0.827. The van der Waals surface area contributed by atoms with Crippen LogP contribution in [0.5, 0.6) is 0 Å². The van der Waals surface area contributed by atoms with E-state index in [0.717, 1.165) is 32.1 Å². The fourth-order valence-electron chi connectivity index (χ4n) is 2.67. The largest absolute Gasteiger partial charge is 0.370 e. The van der Waals surface area contributed by atoms with Crippen LogP contribution in [-0.2, 0) is 0 Å². The van der Waals surface area contributed by atoms with Crippen molar-refractivity contribution in [2.75, 3.05) is 31.5 Å². The van der Waals surface area contributed by atoms with Crippen molar-refractivity contribution in [3.05, 3.63) is 12.3 Å². The third-order valence-electron chi connectivity index (χ3n) is 4.11. The van der Waals surface area contributed by atoms with E-state index in [1.54, 1.807) is 0 Å². The molecule has 2 aliphatic rings. The van der Waals surface area contributed by atoms with Gasteiger partial charge in [0.2, 0.25) is 0 Å². The first-order chi connectivity index (χ1) is 8.83. The Balaban J connectivity index is 1.52. The van der Waals surface area contributed by atoms with E-state index in [0.29, 0.717) is 12.1 Å². The zero-order chi connectivity index (χ0) is 12.4. The van der Waals surface area contributed by atoms with Crippen LogP contribution < -0.4 is 16.0 Å². The van der Waals surface area contributed by atoms with Gasteiger partial charge in [-0.1, -0.05) is 0 Å². The Hall–Kier alpha value is -1.07. The van der Waals surface area contributed by atoms with Gasteiger partial charge in [0.25, 0.3) is 0 Å². The minimum Gasteiger partial charge on any atom is -0.370 e. The maximum atomic E-state index is 4.41. The highest BCUT2D eigenvalue weighted by Crippen LogP contribution is 2.19. The molecule has 0 amide bonds. The summed E-state index contributed by atoms with van der Waals surface area (Å²) in [5.74, 6) is 1.91. The Morgan fingerprint density at radius 3 is 2.94 bits per heavy atom. The summed E-state index contributed by atoms with van der Waals surface area (Å²) in [6, 6.07) is 3.30. The van der Waals surface area contributed by atoms with Crippen LogP contribution in [0.25, 0.3) is 0 Å². The highest BCUT2D eigenvalue weighted by atomic mass is 15.4. The molecule has 0 spiro atoms. The van der Waals surface area contributed by atoms with Gasteiger partial charge in [-0.25, -0.2) is 4.68 Å². The van der Waals surface area contributed by atoms with Crippen LogP contribution in [0.3, 0.4) is 0 Å². The van der Waals surface area contributed by atoms with E-state index in [4.69, 9.17) is 0 Å². The van der Waals surface area contributed by atoms with Crippen LogP contribution in [0.15, 0.2) is 12.3 Å². The average molecular weight is 249 g/mol. The van der Waals surface area contributed by atoms with Gasteiger partial charge in [-0.3, -0.25) is 0 Å². The Labute approximate surface area is 108 Å². The van der Waals surface area contributed by atoms with Crippen LogP contribution in [0.1, 0.15) is 25.8 Å². The number of nitrogens with zero attached hydrogens (tertiary/aromatic N) is 2. The van der Waals surface area contributed by atoms with E-state index in [1.807, 2.05) is 6.20 Å². The van der Waals surface area contributed by atoms with Crippen molar-refractivity contribution < 1.29 is 0 Å². The minimum atomic E-state index is 0.534. The Bertz CT molecular complexity index is 376. The monoisotopic (exact) mass is 249 g/mol. The normalized spacial score (nSPS) is 28.9. The zero-order valence-electron chi connectivity index (χ0n) is 11.0. The van der Waals surface area contributed by atoms with Crippen molar-refractivity contribution in [3.8, 4) is 0 Å². The SMILES string of the molecule is CC1CCC(CNc2ccnn2C2CNC2)CN1. The molecule has 0 radical (unpaired) electrons. The molecule has 0 aromatic carbocycles. The number of rotatable bonds is 4. The van der Waals surface area contributed by atoms with Gasteiger partial charge in [0.1, 0.15) is 5.82 Å². The lowest BCUT2D eigenvalue weighted by atomic mass is 9.95. The first-order valence-electron chi connectivity index (χ1n) is 7.04. The highest BCUT2D eigenvalue weighted by molar-refractivity contribution is 5.35. The predicted molar refractivity (Wildman–Crippen MR) is 72.8 cm³/mol. The fraction of sp³-hybridized carbons (Fsp3) is 0.769. The lowest BCUT2D eigenvalue weighted by Crippen LogP contribution is -2.44. The van der Waals surface area contributed by atoms with Crippen molar-refractivity contribution in [2.45, 2.75) is 31.8 Å². The van der Waals surface area contributed by atoms with Crippen molar-refractivity contribution >= 4 is 5.82 Å². The molecule has 1 aromatic heterocycles. The molecule has 1 aromatic rings. The zero-order valence-corrected chi connectivity index (χ0v) is 11.0. The van der Waals surface area contributed by atoms with Crippen molar-refractivity contribution in [3.63, 3.8) is 0 Å². The van der Waals surface area contributed by atoms with E-state index in [2.05, 4.69) is 38.7 Å². The topological polar surface area (TPSA) is 53.9 Å². The number of anilines is 1. The summed E-state index contributed by atoms with van der Waals surface area (Å²) in [7, 11) is 0. The van der Waals surface area contributed by atoms with E-state index >= 15 is 0 Å². The molecule has 2 fully saturated rings. The smallest absolute Gasteiger partial charge is 0.124 e. The number of hydrogen-bond acceptors (Lipinski definition) is 4. The van der Waals surface area contributed by atoms with E-state index in [-0.39, 0.29) is 0 Å². The second kappa shape index (κ2) is 5.28. The third-order valence-corrected chi connectivity index (χ3v) is 4.11. The highest BCUT2D eigenvalue weighted by Gasteiger charge is 2.22. The molecule has 3 rings (SSSR count). The minimum absolute atomic E-state index is 0.534. The molecule has 2 saturated heterocycles. The average Bonchev–Trinajstić information content (AvgIpc) is 2.74. The molecule has 0 bridgehead atoms. The Kier molecular flexibility index (Phi) is 3.52. The number of hydrogen-bond donors (Lipinski definition) is 3. The van der Waals surface area contributed by atoms with Gasteiger partial charge in [-0.15, -0.1) is 0 Å². The quantitative estimate of drug-likeness (QED) is 0.740. The lowest BCUT2D eigenvalue weighted by molar-refractivity contribution is 0.317. The van der Waals surface area contributed by atoms with Crippen LogP contribution in [0.4, 0.5) is 5.82 Å². The van der Waals surface area contributed by atoms with Gasteiger partial charge in [-0.2, -0.15) is 5.10 Å². The van der Waals surface area contributed by atoms with Crippen LogP contribution in [0.2, 0.25) is 0 Å². The van der Waals surface area contributed by atoms with Crippen LogP contribution >= 0.6 is 0 Å². The van der Waals surface area contributed by atoms with Crippen molar-refractivity contribution in [1.29, 1.82) is 0 Å². The van der Waals surface area contributed by atoms with Gasteiger partial charge < -0.3 is 16.0 Å². The molecule has 2 atom stereocenters. The fourth-order valence-corrected chi connectivity index (χ4v) is 2.67. The third kappa shape index (κ3) is 2.52. The van der Waals surface area contributed by atoms with Crippen LogP contribution in [0, 0.1) is 5.92 Å². The van der Waals surface area contributed by atoms with Crippen LogP contribution in [-0.4, -0.2) is 42.0 Å². The molecule has 18 heavy (non-hydrogen) atoms. The molecule has 3 N–H and O–H groups in total. The molecule has 0 saturated carbocycles. The van der Waals surface area contributed by atoms with Gasteiger partial charge in [0.15, 0.2) is 0 Å². The summed E-state index contributed by atoms with van der Waals surface area (Å²) in [5.41, 5.74) is 0. The molecule has 2 unspecified atom stereocenters. The van der Waals surface area contributed by atoms with Crippen molar-refractivity contribution in [1.82, 2.24) is 20.4 Å². The standard InChI is InChI=1S/C13H23N5/c1-10-2-3-11(6-15-10)7-16-13-4-5-17-18(13)12-8-14-9-12/h4-5,10-12,14-16H,2-3,6-9H2,1H3. The second-order valence-electron chi connectivity index (χ2n) is 5.61. The molecule has 2 aliphatic heterocycles. The Morgan fingerprint density at radius 2 is 2.28 bits per heavy atom. The molecule has 0 aliphatic carbocycles. The lowest BCUT2D eigenvalue weighted by Gasteiger charge is -2.30. The summed E-state index contributed by atoms with van der Waals surface area (Å²) in [4.78, 5) is 0. The first kappa shape index (κ1) is 12.0. The first-order valence-corrected chi connectivity index (χ1v) is 7.04. The second-order valence-corrected chi connectivity index (χ2v) is 5.61. The van der Waals surface area contributed by atoms with Gasteiger partial charge in [0.05, 0.1) is 12.2 Å². The van der Waals surface area contributed by atoms with Gasteiger partial charge >= 0.3 is 0 Å². The summed E-state index contributed by atoms with van der Waals surface area (Å²) >= 11 is 0. The van der Waals surface area contributed by atoms with E-state index in [1.165, 1.54) is 18.7 Å². The van der Waals surface area contributed by atoms with E-state index in [9.17, 15) is 0 Å². The van der Waals surface area contributed by atoms with Gasteiger partial charge in [-0.05, 0) is 32.2 Å². The molecular formula is C13H23N5. The summed E-state index contributed by atoms with van der Waals surface area (Å²) < 4.78 is 2.12. The Morgan fingerprint density at radius 1 is 1.39 bits per heavy atom. The maximum Gasteiger partial charge on any atom is 0.124 e. The van der Waals surface area contributed by atoms with Crippen molar-refractivity contribution in [2.24, 2.45) is 5.92 Å². The number of piperidine rings is 1. The molecule has 5 nitrogen and oxygen atoms in total. The number of nitrogens with one attached hydrogen (secondary N) is 3. The summed E-state index contributed by atoms with van der Waals surface area (Å²) in [5, 5.41) is 14.8.